The third-order valence-electron chi connectivity index (χ3n) is 7.13. The van der Waals surface area contributed by atoms with Crippen LogP contribution >= 0.6 is 0 Å². The van der Waals surface area contributed by atoms with Gasteiger partial charge in [0.05, 0.1) is 11.4 Å². The van der Waals surface area contributed by atoms with Gasteiger partial charge in [-0.05, 0) is 101 Å². The highest BCUT2D eigenvalue weighted by Crippen LogP contribution is 2.35. The van der Waals surface area contributed by atoms with Crippen LogP contribution in [0.1, 0.15) is 55.5 Å². The number of azo groups is 1. The van der Waals surface area contributed by atoms with Crippen LogP contribution in [0.4, 0.5) is 11.4 Å². The lowest BCUT2D eigenvalue weighted by molar-refractivity contribution is -0.129. The predicted octanol–water partition coefficient (Wildman–Crippen LogP) is 8.87. The minimum atomic E-state index is -4.00. The third kappa shape index (κ3) is 7.68. The van der Waals surface area contributed by atoms with Crippen molar-refractivity contribution in [3.63, 3.8) is 0 Å². The number of aryl methyl sites for hydroxylation is 3. The van der Waals surface area contributed by atoms with Gasteiger partial charge in [-0.25, -0.2) is 0 Å². The van der Waals surface area contributed by atoms with E-state index in [0.717, 1.165) is 22.3 Å². The summed E-state index contributed by atoms with van der Waals surface area (Å²) in [5.74, 6) is 0.181. The van der Waals surface area contributed by atoms with E-state index in [9.17, 15) is 13.2 Å². The van der Waals surface area contributed by atoms with Crippen molar-refractivity contribution in [1.29, 1.82) is 0 Å². The Labute approximate surface area is 261 Å². The lowest BCUT2D eigenvalue weighted by atomic mass is 9.95. The lowest BCUT2D eigenvalue weighted by Crippen LogP contribution is -2.41. The summed E-state index contributed by atoms with van der Waals surface area (Å²) in [6.45, 7) is 13.5. The first-order valence-corrected chi connectivity index (χ1v) is 16.0. The van der Waals surface area contributed by atoms with Crippen LogP contribution in [0.3, 0.4) is 0 Å². The molecule has 1 amide bonds. The van der Waals surface area contributed by atoms with Gasteiger partial charge in [-0.1, -0.05) is 66.2 Å². The Morgan fingerprint density at radius 2 is 1.34 bits per heavy atom. The van der Waals surface area contributed by atoms with Crippen molar-refractivity contribution in [1.82, 2.24) is 4.90 Å². The molecular weight excluding hydrogens is 570 g/mol. The number of nitrogens with zero attached hydrogens (tertiary/aromatic N) is 3. The number of hydrogen-bond donors (Lipinski definition) is 0. The summed E-state index contributed by atoms with van der Waals surface area (Å²) in [6.07, 6.45) is 1.68. The van der Waals surface area contributed by atoms with Crippen molar-refractivity contribution < 1.29 is 17.4 Å². The Morgan fingerprint density at radius 3 is 1.93 bits per heavy atom. The number of carbonyl (C=O) groups is 1. The number of carbonyl (C=O) groups excluding carboxylic acids is 1. The molecule has 4 rings (SSSR count). The van der Waals surface area contributed by atoms with Crippen LogP contribution in [-0.4, -0.2) is 31.3 Å². The summed E-state index contributed by atoms with van der Waals surface area (Å²) in [6, 6.07) is 27.4. The summed E-state index contributed by atoms with van der Waals surface area (Å²) in [5.41, 5.74) is 5.71. The van der Waals surface area contributed by atoms with Crippen LogP contribution in [0.15, 0.2) is 112 Å². The number of benzene rings is 4. The summed E-state index contributed by atoms with van der Waals surface area (Å²) in [7, 11) is -4.00. The molecule has 7 nitrogen and oxygen atoms in total. The van der Waals surface area contributed by atoms with E-state index in [4.69, 9.17) is 4.18 Å². The maximum atomic E-state index is 13.5. The van der Waals surface area contributed by atoms with E-state index in [0.29, 0.717) is 22.5 Å². The van der Waals surface area contributed by atoms with Crippen molar-refractivity contribution in [2.45, 2.75) is 65.4 Å². The van der Waals surface area contributed by atoms with Crippen molar-refractivity contribution >= 4 is 33.0 Å². The van der Waals surface area contributed by atoms with Gasteiger partial charge < -0.3 is 9.08 Å². The molecule has 228 valence electrons. The molecule has 0 aliphatic heterocycles. The molecule has 0 aliphatic rings. The first kappa shape index (κ1) is 32.4. The normalized spacial score (nSPS) is 12.2. The van der Waals surface area contributed by atoms with Crippen LogP contribution in [0, 0.1) is 20.8 Å². The van der Waals surface area contributed by atoms with Gasteiger partial charge in [-0.15, -0.1) is 5.11 Å². The van der Waals surface area contributed by atoms with Gasteiger partial charge in [0.25, 0.3) is 0 Å². The minimum absolute atomic E-state index is 0.0380. The number of rotatable bonds is 10. The molecule has 0 heterocycles. The molecule has 0 radical (unpaired) electrons. The highest BCUT2D eigenvalue weighted by atomic mass is 32.2. The van der Waals surface area contributed by atoms with Crippen molar-refractivity contribution in [2.75, 3.05) is 0 Å². The molecule has 0 spiro atoms. The van der Waals surface area contributed by atoms with Crippen molar-refractivity contribution in [2.24, 2.45) is 10.2 Å². The average molecular weight is 610 g/mol. The second-order valence-corrected chi connectivity index (χ2v) is 12.9. The fourth-order valence-electron chi connectivity index (χ4n) is 5.12. The Bertz CT molecular complexity index is 1760. The number of hydrogen-bond acceptors (Lipinski definition) is 6. The first-order valence-electron chi connectivity index (χ1n) is 14.6. The van der Waals surface area contributed by atoms with Crippen LogP contribution in [0.5, 0.6) is 5.75 Å². The molecule has 0 N–H and O–H groups in total. The van der Waals surface area contributed by atoms with E-state index in [2.05, 4.69) is 10.2 Å². The summed E-state index contributed by atoms with van der Waals surface area (Å²) < 4.78 is 31.4. The zero-order valence-corrected chi connectivity index (χ0v) is 27.1. The lowest BCUT2D eigenvalue weighted by Gasteiger charge is -2.30. The minimum Gasteiger partial charge on any atom is -0.378 e. The molecule has 0 fully saturated rings. The van der Waals surface area contributed by atoms with E-state index >= 15 is 0 Å². The van der Waals surface area contributed by atoms with Gasteiger partial charge in [-0.2, -0.15) is 13.5 Å². The monoisotopic (exact) mass is 609 g/mol. The predicted molar refractivity (Wildman–Crippen MR) is 176 cm³/mol. The molecule has 0 bridgehead atoms. The van der Waals surface area contributed by atoms with E-state index in [-0.39, 0.29) is 28.6 Å². The smallest absolute Gasteiger partial charge is 0.339 e. The van der Waals surface area contributed by atoms with E-state index < -0.39 is 10.1 Å². The Kier molecular flexibility index (Phi) is 10.2. The van der Waals surface area contributed by atoms with Crippen LogP contribution in [-0.2, 0) is 14.9 Å². The highest BCUT2D eigenvalue weighted by molar-refractivity contribution is 7.87. The van der Waals surface area contributed by atoms with Gasteiger partial charge in [-0.3, -0.25) is 4.79 Å². The molecule has 44 heavy (non-hydrogen) atoms. The molecular formula is C36H39N3O4S. The van der Waals surface area contributed by atoms with Gasteiger partial charge in [0.1, 0.15) is 10.6 Å². The zero-order valence-electron chi connectivity index (χ0n) is 26.3. The molecule has 4 aromatic rings. The topological polar surface area (TPSA) is 88.4 Å². The maximum Gasteiger partial charge on any atom is 0.339 e. The largest absolute Gasteiger partial charge is 0.378 e. The highest BCUT2D eigenvalue weighted by Gasteiger charge is 2.22. The Hall–Kier alpha value is -4.56. The number of amides is 1. The van der Waals surface area contributed by atoms with Gasteiger partial charge in [0.2, 0.25) is 5.91 Å². The van der Waals surface area contributed by atoms with Crippen LogP contribution < -0.4 is 4.18 Å². The second-order valence-electron chi connectivity index (χ2n) is 11.3. The zero-order chi connectivity index (χ0) is 32.0. The summed E-state index contributed by atoms with van der Waals surface area (Å²) in [4.78, 5) is 15.5. The first-order chi connectivity index (χ1) is 20.9. The van der Waals surface area contributed by atoms with Crippen LogP contribution in [0.2, 0.25) is 0 Å². The van der Waals surface area contributed by atoms with Crippen molar-refractivity contribution in [3.05, 3.63) is 125 Å². The third-order valence-corrected chi connectivity index (χ3v) is 8.37. The fraction of sp³-hybridized carbons (Fsp3) is 0.250. The molecule has 0 aromatic heterocycles. The molecule has 0 aliphatic carbocycles. The van der Waals surface area contributed by atoms with E-state index in [1.807, 2.05) is 94.1 Å². The summed E-state index contributed by atoms with van der Waals surface area (Å²) in [5, 5.41) is 9.10. The quantitative estimate of drug-likeness (QED) is 0.102. The Balaban J connectivity index is 1.70. The van der Waals surface area contributed by atoms with E-state index in [1.54, 1.807) is 44.2 Å². The molecule has 0 saturated carbocycles. The SMILES string of the molecule is Cc1ccc(S(=O)(=O)Oc2c(C)cc(/N=N/c3ccccc3/C(=C/C(=O)N(C(C)C)C(C)C)c3ccccc3)cc2C)cc1. The van der Waals surface area contributed by atoms with Gasteiger partial charge >= 0.3 is 10.1 Å². The molecule has 0 unspecified atom stereocenters. The molecule has 4 aromatic carbocycles. The fourth-order valence-corrected chi connectivity index (χ4v) is 6.17. The van der Waals surface area contributed by atoms with Gasteiger partial charge in [0.15, 0.2) is 0 Å². The standard InChI is InChI=1S/C36H39N3O4S/c1-24(2)39(25(3)4)35(40)23-33(29-13-9-8-10-14-29)32-15-11-12-16-34(32)38-37-30-21-27(6)36(28(7)22-30)43-44(41,42)31-19-17-26(5)18-20-31/h8-25H,1-7H3/b33-23+,38-37+. The average Bonchev–Trinajstić information content (AvgIpc) is 2.97. The summed E-state index contributed by atoms with van der Waals surface area (Å²) >= 11 is 0. The molecule has 0 saturated heterocycles. The molecule has 8 heteroatoms. The van der Waals surface area contributed by atoms with Crippen LogP contribution in [0.25, 0.3) is 5.57 Å². The maximum absolute atomic E-state index is 13.5. The van der Waals surface area contributed by atoms with Gasteiger partial charge in [0, 0.05) is 23.7 Å². The Morgan fingerprint density at radius 1 is 0.773 bits per heavy atom. The van der Waals surface area contributed by atoms with Crippen molar-refractivity contribution in [3.8, 4) is 5.75 Å². The van der Waals surface area contributed by atoms with E-state index in [1.165, 1.54) is 12.1 Å². The second kappa shape index (κ2) is 13.8. The molecule has 0 atom stereocenters.